The molecule has 0 fully saturated rings. The third-order valence-corrected chi connectivity index (χ3v) is 5.28. The summed E-state index contributed by atoms with van der Waals surface area (Å²) in [5.74, 6) is -1.36. The number of carbonyl (C=O) groups excluding carboxylic acids is 4. The number of esters is 4. The van der Waals surface area contributed by atoms with Crippen molar-refractivity contribution in [3.63, 3.8) is 0 Å². The van der Waals surface area contributed by atoms with E-state index in [-0.39, 0.29) is 54.2 Å². The van der Waals surface area contributed by atoms with E-state index in [1.807, 2.05) is 55.4 Å². The number of carbonyl (C=O) groups is 4. The van der Waals surface area contributed by atoms with E-state index in [4.69, 9.17) is 24.7 Å². The van der Waals surface area contributed by atoms with E-state index >= 15 is 0 Å². The summed E-state index contributed by atoms with van der Waals surface area (Å²) in [6, 6.07) is 3.69. The molecular formula is C30H47NO8. The van der Waals surface area contributed by atoms with Crippen molar-refractivity contribution >= 4 is 23.9 Å². The van der Waals surface area contributed by atoms with Crippen molar-refractivity contribution in [3.05, 3.63) is 23.8 Å². The third-order valence-electron chi connectivity index (χ3n) is 5.28. The fourth-order valence-electron chi connectivity index (χ4n) is 3.39. The lowest BCUT2D eigenvalue weighted by atomic mass is 9.92. The monoisotopic (exact) mass is 549 g/mol. The van der Waals surface area contributed by atoms with Gasteiger partial charge in [0.25, 0.3) is 0 Å². The van der Waals surface area contributed by atoms with Gasteiger partial charge in [0, 0.05) is 6.42 Å². The van der Waals surface area contributed by atoms with Crippen molar-refractivity contribution in [2.45, 2.75) is 107 Å². The number of benzene rings is 1. The van der Waals surface area contributed by atoms with Crippen LogP contribution in [-0.4, -0.2) is 42.6 Å². The molecule has 9 nitrogen and oxygen atoms in total. The van der Waals surface area contributed by atoms with Crippen LogP contribution >= 0.6 is 0 Å². The minimum atomic E-state index is -1.01. The number of rotatable bonds is 13. The fraction of sp³-hybridized carbons (Fsp3) is 0.667. The third kappa shape index (κ3) is 15.3. The lowest BCUT2D eigenvalue weighted by Gasteiger charge is -2.20. The van der Waals surface area contributed by atoms with Crippen LogP contribution in [-0.2, 0) is 35.1 Å². The normalized spacial score (nSPS) is 13.4. The summed E-state index contributed by atoms with van der Waals surface area (Å²) in [7, 11) is 0. The summed E-state index contributed by atoms with van der Waals surface area (Å²) in [6.07, 6.45) is 0.835. The van der Waals surface area contributed by atoms with Crippen molar-refractivity contribution in [1.29, 1.82) is 0 Å². The minimum Gasteiger partial charge on any atom is -0.461 e. The fourth-order valence-corrected chi connectivity index (χ4v) is 3.39. The van der Waals surface area contributed by atoms with Crippen LogP contribution in [0.1, 0.15) is 93.6 Å². The molecule has 0 aliphatic heterocycles. The van der Waals surface area contributed by atoms with E-state index in [0.717, 1.165) is 6.42 Å². The topological polar surface area (TPSA) is 131 Å². The molecule has 39 heavy (non-hydrogen) atoms. The van der Waals surface area contributed by atoms with Crippen molar-refractivity contribution in [2.75, 3.05) is 6.61 Å². The molecule has 0 saturated heterocycles. The number of hydrogen-bond acceptors (Lipinski definition) is 9. The first-order valence-electron chi connectivity index (χ1n) is 13.5. The molecule has 1 aromatic rings. The summed E-state index contributed by atoms with van der Waals surface area (Å²) >= 11 is 0. The number of hydrogen-bond donors (Lipinski definition) is 1. The van der Waals surface area contributed by atoms with Crippen LogP contribution in [0.15, 0.2) is 18.2 Å². The minimum absolute atomic E-state index is 0.0755. The molecule has 0 aliphatic rings. The van der Waals surface area contributed by atoms with Gasteiger partial charge in [-0.15, -0.1) is 0 Å². The number of ether oxygens (including phenoxy) is 4. The van der Waals surface area contributed by atoms with Gasteiger partial charge in [-0.2, -0.15) is 0 Å². The van der Waals surface area contributed by atoms with Gasteiger partial charge >= 0.3 is 23.9 Å². The van der Waals surface area contributed by atoms with Crippen LogP contribution < -0.4 is 15.2 Å². The highest BCUT2D eigenvalue weighted by Crippen LogP contribution is 2.32. The zero-order chi connectivity index (χ0) is 30.0. The van der Waals surface area contributed by atoms with Crippen molar-refractivity contribution < 1.29 is 38.1 Å². The molecule has 0 radical (unpaired) electrons. The Kier molecular flexibility index (Phi) is 13.1. The molecule has 2 N–H and O–H groups in total. The molecule has 1 aromatic carbocycles. The Morgan fingerprint density at radius 2 is 1.36 bits per heavy atom. The second kappa shape index (κ2) is 15.0. The van der Waals surface area contributed by atoms with Crippen molar-refractivity contribution in [1.82, 2.24) is 0 Å². The highest BCUT2D eigenvalue weighted by atomic mass is 16.6. The second-order valence-corrected chi connectivity index (χ2v) is 12.9. The molecule has 0 unspecified atom stereocenters. The van der Waals surface area contributed by atoms with E-state index in [2.05, 4.69) is 0 Å². The van der Waals surface area contributed by atoms with E-state index in [1.54, 1.807) is 13.0 Å². The lowest BCUT2D eigenvalue weighted by molar-refractivity contribution is -0.158. The first kappa shape index (κ1) is 34.1. The maximum atomic E-state index is 12.5. The molecule has 0 amide bonds. The largest absolute Gasteiger partial charge is 0.461 e. The van der Waals surface area contributed by atoms with Gasteiger partial charge in [0.15, 0.2) is 11.5 Å². The Morgan fingerprint density at radius 1 is 0.821 bits per heavy atom. The van der Waals surface area contributed by atoms with Gasteiger partial charge in [-0.1, -0.05) is 61.5 Å². The summed E-state index contributed by atoms with van der Waals surface area (Å²) < 4.78 is 21.6. The summed E-state index contributed by atoms with van der Waals surface area (Å²) in [6.45, 7) is 17.0. The van der Waals surface area contributed by atoms with Gasteiger partial charge < -0.3 is 24.7 Å². The van der Waals surface area contributed by atoms with Gasteiger partial charge in [-0.3, -0.25) is 19.2 Å². The zero-order valence-corrected chi connectivity index (χ0v) is 25.1. The lowest BCUT2D eigenvalue weighted by Crippen LogP contribution is -2.36. The number of nitrogens with two attached hydrogens (primary N) is 1. The average molecular weight is 550 g/mol. The molecule has 2 atom stereocenters. The standard InChI is InChI=1S/C30H47NO8/c1-19(2)10-13-25(32)37-20(3)18-36-28(35)22(31)14-21-11-12-23(38-26(33)16-29(4,5)6)24(15-21)39-27(34)17-30(7,8)9/h11-12,15,19-20,22H,10,13-14,16-18,31H2,1-9H3/t20-,22-/m0/s1. The van der Waals surface area contributed by atoms with E-state index < -0.39 is 30.1 Å². The Bertz CT molecular complexity index is 988. The molecule has 220 valence electrons. The van der Waals surface area contributed by atoms with E-state index in [9.17, 15) is 19.2 Å². The Hall–Kier alpha value is -2.94. The molecule has 1 rings (SSSR count). The Balaban J connectivity index is 2.88. The maximum absolute atomic E-state index is 12.5. The van der Waals surface area contributed by atoms with Crippen LogP contribution in [0, 0.1) is 16.7 Å². The van der Waals surface area contributed by atoms with Crippen molar-refractivity contribution in [3.8, 4) is 11.5 Å². The molecule has 0 saturated carbocycles. The van der Waals surface area contributed by atoms with Gasteiger partial charge in [0.05, 0.1) is 12.8 Å². The predicted molar refractivity (Wildman–Crippen MR) is 148 cm³/mol. The quantitative estimate of drug-likeness (QED) is 0.262. The zero-order valence-electron chi connectivity index (χ0n) is 25.1. The Labute approximate surface area is 233 Å². The predicted octanol–water partition coefficient (Wildman–Crippen LogP) is 5.15. The maximum Gasteiger partial charge on any atom is 0.323 e. The highest BCUT2D eigenvalue weighted by Gasteiger charge is 2.24. The molecule has 0 aliphatic carbocycles. The first-order chi connectivity index (χ1) is 17.8. The smallest absolute Gasteiger partial charge is 0.323 e. The molecular weight excluding hydrogens is 502 g/mol. The molecule has 0 bridgehead atoms. The van der Waals surface area contributed by atoms with Gasteiger partial charge in [0.1, 0.15) is 18.8 Å². The summed E-state index contributed by atoms with van der Waals surface area (Å²) in [5, 5.41) is 0. The van der Waals surface area contributed by atoms with Gasteiger partial charge in [-0.05, 0) is 54.2 Å². The molecule has 0 aromatic heterocycles. The van der Waals surface area contributed by atoms with Crippen LogP contribution in [0.2, 0.25) is 0 Å². The average Bonchev–Trinajstić information content (AvgIpc) is 2.75. The van der Waals surface area contributed by atoms with Crippen LogP contribution in [0.5, 0.6) is 11.5 Å². The second-order valence-electron chi connectivity index (χ2n) is 12.9. The molecule has 0 heterocycles. The Morgan fingerprint density at radius 3 is 1.87 bits per heavy atom. The molecule has 0 spiro atoms. The van der Waals surface area contributed by atoms with Gasteiger partial charge in [0.2, 0.25) is 0 Å². The molecule has 9 heteroatoms. The SMILES string of the molecule is CC(C)CCC(=O)O[C@@H](C)COC(=O)[C@@H](N)Cc1ccc(OC(=O)CC(C)(C)C)c(OC(=O)CC(C)(C)C)c1. The van der Waals surface area contributed by atoms with Crippen molar-refractivity contribution in [2.24, 2.45) is 22.5 Å². The van der Waals surface area contributed by atoms with Crippen LogP contribution in [0.4, 0.5) is 0 Å². The van der Waals surface area contributed by atoms with E-state index in [1.165, 1.54) is 12.1 Å². The van der Waals surface area contributed by atoms with Gasteiger partial charge in [-0.25, -0.2) is 0 Å². The van der Waals surface area contributed by atoms with Crippen LogP contribution in [0.3, 0.4) is 0 Å². The summed E-state index contributed by atoms with van der Waals surface area (Å²) in [4.78, 5) is 49.3. The first-order valence-corrected chi connectivity index (χ1v) is 13.5. The van der Waals surface area contributed by atoms with E-state index in [0.29, 0.717) is 17.9 Å². The van der Waals surface area contributed by atoms with Crippen LogP contribution in [0.25, 0.3) is 0 Å². The summed E-state index contributed by atoms with van der Waals surface area (Å²) in [5.41, 5.74) is 6.07. The highest BCUT2D eigenvalue weighted by molar-refractivity contribution is 5.78.